The molecule has 1 aliphatic rings. The zero-order valence-electron chi connectivity index (χ0n) is 11.6. The van der Waals surface area contributed by atoms with E-state index in [2.05, 4.69) is 0 Å². The van der Waals surface area contributed by atoms with Crippen molar-refractivity contribution in [3.05, 3.63) is 40.5 Å². The lowest BCUT2D eigenvalue weighted by Gasteiger charge is -2.24. The van der Waals surface area contributed by atoms with E-state index in [1.54, 1.807) is 13.0 Å². The smallest absolute Gasteiger partial charge is 0.204 e. The number of rotatable bonds is 2. The number of alkyl halides is 6. The highest BCUT2D eigenvalue weighted by atomic mass is 32.1. The molecule has 0 spiro atoms. The van der Waals surface area contributed by atoms with E-state index in [4.69, 9.17) is 0 Å². The number of benzene rings is 1. The lowest BCUT2D eigenvalue weighted by molar-refractivity contribution is -0.263. The SMILES string of the molecule is CCc1sc2ccccc2c1C1=C(F)C(F)(F)C(F)(F)C1(F)F. The molecule has 0 fully saturated rings. The van der Waals surface area contributed by atoms with Crippen LogP contribution in [0.15, 0.2) is 30.1 Å². The minimum absolute atomic E-state index is 0.0627. The van der Waals surface area contributed by atoms with Crippen LogP contribution in [-0.2, 0) is 6.42 Å². The summed E-state index contributed by atoms with van der Waals surface area (Å²) in [5.41, 5.74) is -2.45. The molecule has 124 valence electrons. The number of aryl methyl sites for hydroxylation is 1. The van der Waals surface area contributed by atoms with Crippen LogP contribution in [0.25, 0.3) is 15.7 Å². The molecule has 0 unspecified atom stereocenters. The first-order valence-corrected chi connectivity index (χ1v) is 7.44. The fourth-order valence-corrected chi connectivity index (χ4v) is 3.82. The molecule has 23 heavy (non-hydrogen) atoms. The summed E-state index contributed by atoms with van der Waals surface area (Å²) in [5, 5.41) is 0.0627. The van der Waals surface area contributed by atoms with E-state index in [1.165, 1.54) is 18.2 Å². The summed E-state index contributed by atoms with van der Waals surface area (Å²) >= 11 is 0.990. The van der Waals surface area contributed by atoms with Gasteiger partial charge in [-0.15, -0.1) is 11.3 Å². The van der Waals surface area contributed by atoms with Crippen molar-refractivity contribution in [3.8, 4) is 0 Å². The Balaban J connectivity index is 2.41. The summed E-state index contributed by atoms with van der Waals surface area (Å²) in [7, 11) is 0. The molecule has 2 aromatic rings. The molecule has 3 rings (SSSR count). The van der Waals surface area contributed by atoms with Gasteiger partial charge >= 0.3 is 17.8 Å². The Morgan fingerprint density at radius 1 is 0.957 bits per heavy atom. The van der Waals surface area contributed by atoms with Crippen LogP contribution in [0, 0.1) is 0 Å². The van der Waals surface area contributed by atoms with Gasteiger partial charge in [0.2, 0.25) is 0 Å². The Hall–Kier alpha value is -1.57. The molecule has 0 nitrogen and oxygen atoms in total. The number of thiophene rings is 1. The second kappa shape index (κ2) is 4.72. The molecule has 0 saturated carbocycles. The molecule has 0 N–H and O–H groups in total. The van der Waals surface area contributed by atoms with Gasteiger partial charge in [-0.1, -0.05) is 25.1 Å². The fraction of sp³-hybridized carbons (Fsp3) is 0.333. The first-order chi connectivity index (χ1) is 10.6. The minimum atomic E-state index is -5.81. The molecule has 0 saturated heterocycles. The third-order valence-corrected chi connectivity index (χ3v) is 5.15. The molecule has 1 aliphatic carbocycles. The summed E-state index contributed by atoms with van der Waals surface area (Å²) in [6.45, 7) is 1.55. The Morgan fingerprint density at radius 2 is 1.57 bits per heavy atom. The second-order valence-corrected chi connectivity index (χ2v) is 6.30. The predicted molar refractivity (Wildman–Crippen MR) is 74.1 cm³/mol. The first kappa shape index (κ1) is 16.3. The van der Waals surface area contributed by atoms with Crippen LogP contribution >= 0.6 is 11.3 Å². The Bertz CT molecular complexity index is 816. The quantitative estimate of drug-likeness (QED) is 0.575. The van der Waals surface area contributed by atoms with E-state index in [-0.39, 0.29) is 16.7 Å². The van der Waals surface area contributed by atoms with E-state index in [0.29, 0.717) is 4.70 Å². The van der Waals surface area contributed by atoms with Gasteiger partial charge < -0.3 is 0 Å². The average molecular weight is 354 g/mol. The van der Waals surface area contributed by atoms with Crippen molar-refractivity contribution in [1.29, 1.82) is 0 Å². The van der Waals surface area contributed by atoms with Crippen molar-refractivity contribution >= 4 is 27.0 Å². The number of fused-ring (bicyclic) bond motifs is 1. The summed E-state index contributed by atoms with van der Waals surface area (Å²) in [6, 6.07) is 5.89. The van der Waals surface area contributed by atoms with E-state index in [0.717, 1.165) is 11.3 Å². The third-order valence-electron chi connectivity index (χ3n) is 3.84. The lowest BCUT2D eigenvalue weighted by atomic mass is 9.97. The molecule has 1 heterocycles. The maximum absolute atomic E-state index is 14.0. The van der Waals surface area contributed by atoms with E-state index < -0.39 is 34.7 Å². The number of hydrogen-bond acceptors (Lipinski definition) is 1. The van der Waals surface area contributed by atoms with Crippen molar-refractivity contribution in [2.45, 2.75) is 31.1 Å². The molecule has 1 aromatic carbocycles. The maximum atomic E-state index is 14.0. The average Bonchev–Trinajstić information content (AvgIpc) is 2.88. The molecule has 0 aliphatic heterocycles. The topological polar surface area (TPSA) is 0 Å². The van der Waals surface area contributed by atoms with Crippen molar-refractivity contribution in [2.75, 3.05) is 0 Å². The van der Waals surface area contributed by atoms with E-state index in [9.17, 15) is 30.7 Å². The summed E-state index contributed by atoms with van der Waals surface area (Å²) < 4.78 is 96.2. The summed E-state index contributed by atoms with van der Waals surface area (Å²) in [4.78, 5) is 0.157. The summed E-state index contributed by atoms with van der Waals surface area (Å²) in [6.07, 6.45) is 0.124. The lowest BCUT2D eigenvalue weighted by Crippen LogP contribution is -2.48. The van der Waals surface area contributed by atoms with Crippen LogP contribution in [0.2, 0.25) is 0 Å². The molecule has 0 atom stereocenters. The Kier molecular flexibility index (Phi) is 3.34. The van der Waals surface area contributed by atoms with Crippen LogP contribution in [0.3, 0.4) is 0 Å². The summed E-state index contributed by atoms with van der Waals surface area (Å²) in [5.74, 6) is -19.4. The largest absolute Gasteiger partial charge is 0.383 e. The van der Waals surface area contributed by atoms with Gasteiger partial charge in [0.15, 0.2) is 5.83 Å². The van der Waals surface area contributed by atoms with Crippen molar-refractivity contribution in [1.82, 2.24) is 0 Å². The van der Waals surface area contributed by atoms with E-state index >= 15 is 0 Å². The molecule has 8 heteroatoms. The first-order valence-electron chi connectivity index (χ1n) is 6.62. The molecule has 1 aromatic heterocycles. The van der Waals surface area contributed by atoms with Crippen LogP contribution in [-0.4, -0.2) is 17.8 Å². The van der Waals surface area contributed by atoms with Gasteiger partial charge in [-0.3, -0.25) is 0 Å². The van der Waals surface area contributed by atoms with Crippen molar-refractivity contribution in [3.63, 3.8) is 0 Å². The number of halogens is 7. The maximum Gasteiger partial charge on any atom is 0.383 e. The van der Waals surface area contributed by atoms with Crippen molar-refractivity contribution in [2.24, 2.45) is 0 Å². The van der Waals surface area contributed by atoms with Gasteiger partial charge in [-0.25, -0.2) is 4.39 Å². The highest BCUT2D eigenvalue weighted by Gasteiger charge is 2.81. The zero-order valence-corrected chi connectivity index (χ0v) is 12.4. The van der Waals surface area contributed by atoms with Crippen LogP contribution in [0.5, 0.6) is 0 Å². The Morgan fingerprint density at radius 3 is 2.09 bits per heavy atom. The molecular formula is C15H9F7S. The molecule has 0 bridgehead atoms. The van der Waals surface area contributed by atoms with Crippen molar-refractivity contribution < 1.29 is 30.7 Å². The molecule has 0 amide bonds. The van der Waals surface area contributed by atoms with Crippen LogP contribution < -0.4 is 0 Å². The van der Waals surface area contributed by atoms with E-state index in [1.807, 2.05) is 0 Å². The van der Waals surface area contributed by atoms with Gasteiger partial charge in [0.1, 0.15) is 0 Å². The van der Waals surface area contributed by atoms with Crippen LogP contribution in [0.1, 0.15) is 17.4 Å². The Labute approximate surface area is 130 Å². The van der Waals surface area contributed by atoms with Gasteiger partial charge in [-0.05, 0) is 12.5 Å². The second-order valence-electron chi connectivity index (χ2n) is 5.16. The van der Waals surface area contributed by atoms with Gasteiger partial charge in [0.25, 0.3) is 0 Å². The number of hydrogen-bond donors (Lipinski definition) is 0. The highest BCUT2D eigenvalue weighted by Crippen LogP contribution is 2.63. The van der Waals surface area contributed by atoms with Crippen LogP contribution in [0.4, 0.5) is 30.7 Å². The number of allylic oxidation sites excluding steroid dienone is 2. The van der Waals surface area contributed by atoms with Gasteiger partial charge in [-0.2, -0.15) is 26.3 Å². The monoisotopic (exact) mass is 354 g/mol. The normalized spacial score (nSPS) is 22.1. The minimum Gasteiger partial charge on any atom is -0.204 e. The molecular weight excluding hydrogens is 345 g/mol. The third kappa shape index (κ3) is 1.84. The highest BCUT2D eigenvalue weighted by molar-refractivity contribution is 7.19. The van der Waals surface area contributed by atoms with Gasteiger partial charge in [0, 0.05) is 20.5 Å². The molecule has 0 radical (unpaired) electrons. The predicted octanol–water partition coefficient (Wildman–Crippen LogP) is 6.06. The fourth-order valence-electron chi connectivity index (χ4n) is 2.67. The standard InChI is InChI=1S/C15H9F7S/c1-2-8-10(7-5-3-4-6-9(7)23-8)11-12(16)14(19,20)15(21,22)13(11,17)18/h3-6H,2H2,1H3. The van der Waals surface area contributed by atoms with Gasteiger partial charge in [0.05, 0.1) is 5.57 Å². The zero-order chi connectivity index (χ0) is 17.2.